The molecular formula is C44H40SiZr. The van der Waals surface area contributed by atoms with E-state index in [2.05, 4.69) is 166 Å². The van der Waals surface area contributed by atoms with Crippen molar-refractivity contribution in [3.8, 4) is 22.3 Å². The predicted octanol–water partition coefficient (Wildman–Crippen LogP) is 11.5. The zero-order valence-electron chi connectivity index (χ0n) is 27.2. The van der Waals surface area contributed by atoms with E-state index < -0.39 is 0 Å². The van der Waals surface area contributed by atoms with Crippen LogP contribution >= 0.6 is 0 Å². The van der Waals surface area contributed by atoms with Gasteiger partial charge in [-0.2, -0.15) is 26.0 Å². The fraction of sp³-hybridized carbons (Fsp3) is 0.0909. The molecule has 0 saturated heterocycles. The quantitative estimate of drug-likeness (QED) is 0.125. The first kappa shape index (κ1) is 34.9. The largest absolute Gasteiger partial charge is 4.00 e. The van der Waals surface area contributed by atoms with Gasteiger partial charge in [0.25, 0.3) is 0 Å². The third-order valence-corrected chi connectivity index (χ3v) is 7.95. The number of hydrogen-bond donors (Lipinski definition) is 0. The molecule has 0 saturated carbocycles. The van der Waals surface area contributed by atoms with Crippen LogP contribution in [0.4, 0.5) is 0 Å². The molecule has 0 fully saturated rings. The Labute approximate surface area is 296 Å². The zero-order chi connectivity index (χ0) is 31.8. The van der Waals surface area contributed by atoms with Crippen molar-refractivity contribution in [3.63, 3.8) is 0 Å². The zero-order valence-corrected chi connectivity index (χ0v) is 31.1. The summed E-state index contributed by atoms with van der Waals surface area (Å²) < 4.78 is 0. The maximum atomic E-state index is 4.53. The van der Waals surface area contributed by atoms with E-state index in [1.54, 1.807) is 0 Å². The molecule has 0 atom stereocenters. The molecule has 0 aliphatic carbocycles. The van der Waals surface area contributed by atoms with E-state index in [9.17, 15) is 0 Å². The number of hydrogen-bond acceptors (Lipinski definition) is 0. The average Bonchev–Trinajstić information content (AvgIpc) is 3.66. The molecule has 0 aliphatic rings. The van der Waals surface area contributed by atoms with Crippen molar-refractivity contribution in [3.05, 3.63) is 163 Å². The Hall–Kier alpha value is -3.97. The minimum absolute atomic E-state index is 0. The van der Waals surface area contributed by atoms with Gasteiger partial charge in [-0.25, -0.2) is 9.85 Å². The monoisotopic (exact) mass is 686 g/mol. The maximum absolute atomic E-state index is 4.53. The average molecular weight is 688 g/mol. The van der Waals surface area contributed by atoms with E-state index in [4.69, 9.17) is 0 Å². The van der Waals surface area contributed by atoms with Gasteiger partial charge in [0.05, 0.1) is 0 Å². The fourth-order valence-electron chi connectivity index (χ4n) is 6.16. The summed E-state index contributed by atoms with van der Waals surface area (Å²) in [4.78, 5) is 0. The Bertz CT molecular complexity index is 2010. The van der Waals surface area contributed by atoms with E-state index in [0.29, 0.717) is 0 Å². The second-order valence-electron chi connectivity index (χ2n) is 11.3. The molecule has 0 nitrogen and oxygen atoms in total. The molecular weight excluding hydrogens is 648 g/mol. The fourth-order valence-corrected chi connectivity index (χ4v) is 6.16. The molecule has 0 radical (unpaired) electrons. The molecule has 0 amide bonds. The van der Waals surface area contributed by atoms with Crippen molar-refractivity contribution < 1.29 is 26.2 Å². The molecule has 0 spiro atoms. The van der Waals surface area contributed by atoms with Gasteiger partial charge in [0.1, 0.15) is 0 Å². The molecule has 0 unspecified atom stereocenters. The van der Waals surface area contributed by atoms with Crippen molar-refractivity contribution in [2.45, 2.75) is 27.7 Å². The van der Waals surface area contributed by atoms with Crippen LogP contribution in [-0.4, -0.2) is 16.0 Å². The molecule has 0 aromatic heterocycles. The second-order valence-corrected chi connectivity index (χ2v) is 11.3. The van der Waals surface area contributed by atoms with Gasteiger partial charge in [0.15, 0.2) is 0 Å². The van der Waals surface area contributed by atoms with Crippen molar-refractivity contribution in [2.24, 2.45) is 0 Å². The van der Waals surface area contributed by atoms with E-state index in [-0.39, 0.29) is 26.2 Å². The van der Waals surface area contributed by atoms with Gasteiger partial charge in [0, 0.05) is 0 Å². The third kappa shape index (κ3) is 7.52. The minimum Gasteiger partial charge on any atom is -0.533 e. The van der Waals surface area contributed by atoms with Crippen LogP contribution < -0.4 is 0 Å². The van der Waals surface area contributed by atoms with Gasteiger partial charge in [-0.05, 0) is 32.7 Å². The number of fused-ring (bicyclic) bond motifs is 4. The summed E-state index contributed by atoms with van der Waals surface area (Å²) in [6.45, 7) is 8.32. The van der Waals surface area contributed by atoms with Crippen molar-refractivity contribution in [1.29, 1.82) is 0 Å². The Morgan fingerprint density at radius 3 is 1.15 bits per heavy atom. The summed E-state index contributed by atoms with van der Waals surface area (Å²) >= 11 is 0. The molecule has 46 heavy (non-hydrogen) atoms. The molecule has 224 valence electrons. The second kappa shape index (κ2) is 16.5. The first-order chi connectivity index (χ1) is 22.1. The SMILES string of the molecule is C[CH-]C.Cc1cc2c(-c3cccc4ccccc34)cccc2[cH-]1.Cc1cc2c(-c3cccc4ccccc34)cccc2[cH-]1.[CH-]=[SiH2].[Zr+4]. The van der Waals surface area contributed by atoms with E-state index in [0.717, 1.165) is 0 Å². The van der Waals surface area contributed by atoms with Gasteiger partial charge in [-0.1, -0.05) is 122 Å². The van der Waals surface area contributed by atoms with Gasteiger partial charge >= 0.3 is 26.2 Å². The van der Waals surface area contributed by atoms with E-state index >= 15 is 0 Å². The Morgan fingerprint density at radius 1 is 0.457 bits per heavy atom. The topological polar surface area (TPSA) is 0 Å². The summed E-state index contributed by atoms with van der Waals surface area (Å²) in [7, 11) is 1.36. The first-order valence-electron chi connectivity index (χ1n) is 15.5. The van der Waals surface area contributed by atoms with Gasteiger partial charge in [0.2, 0.25) is 0 Å². The van der Waals surface area contributed by atoms with Crippen LogP contribution in [0.25, 0.3) is 65.3 Å². The summed E-state index contributed by atoms with van der Waals surface area (Å²) in [5, 5.41) is 10.6. The van der Waals surface area contributed by atoms with Crippen molar-refractivity contribution >= 4 is 59.1 Å². The summed E-state index contributed by atoms with van der Waals surface area (Å²) in [6, 6.07) is 52.5. The Morgan fingerprint density at radius 2 is 0.761 bits per heavy atom. The summed E-state index contributed by atoms with van der Waals surface area (Å²) in [5.41, 5.74) is 7.94. The molecule has 0 bridgehead atoms. The third-order valence-electron chi connectivity index (χ3n) is 7.95. The van der Waals surface area contributed by atoms with E-state index in [1.165, 1.54) is 86.3 Å². The standard InChI is InChI=1S/2C20H15.C3H7.CH3Si.Zr/c2*1-14-12-16-8-5-11-19(20(16)13-14)18-10-4-7-15-6-2-3-9-17(15)18;1-3-2;1-2;/h2*2-13H,1H3;3H,1-2H3;1H,2H2;/q4*-1;+4. The van der Waals surface area contributed by atoms with Crippen molar-refractivity contribution in [1.82, 2.24) is 0 Å². The van der Waals surface area contributed by atoms with Crippen LogP contribution in [0.3, 0.4) is 0 Å². The Balaban J connectivity index is 0.000000180. The Kier molecular flexibility index (Phi) is 12.6. The molecule has 8 rings (SSSR count). The maximum Gasteiger partial charge on any atom is 4.00 e. The smallest absolute Gasteiger partial charge is 0.533 e. The minimum atomic E-state index is 0. The number of benzene rings is 6. The molecule has 0 heterocycles. The molecule has 0 N–H and O–H groups in total. The van der Waals surface area contributed by atoms with Crippen LogP contribution in [0.2, 0.25) is 0 Å². The molecule has 0 aliphatic heterocycles. The van der Waals surface area contributed by atoms with E-state index in [1.807, 2.05) is 20.3 Å². The van der Waals surface area contributed by atoms with Crippen LogP contribution in [0.1, 0.15) is 25.0 Å². The van der Waals surface area contributed by atoms with Crippen LogP contribution in [0.15, 0.2) is 146 Å². The van der Waals surface area contributed by atoms with Gasteiger partial charge in [-0.3, -0.25) is 0 Å². The van der Waals surface area contributed by atoms with Crippen LogP contribution in [0, 0.1) is 20.3 Å². The number of aryl methyl sites for hydroxylation is 2. The number of rotatable bonds is 2. The molecule has 8 aromatic carbocycles. The summed E-state index contributed by atoms with van der Waals surface area (Å²) in [6.07, 6.45) is 6.53. The first-order valence-corrected chi connectivity index (χ1v) is 16.3. The van der Waals surface area contributed by atoms with Crippen LogP contribution in [-0.2, 0) is 26.2 Å². The van der Waals surface area contributed by atoms with Gasteiger partial charge < -0.3 is 12.6 Å². The molecule has 8 aromatic rings. The predicted molar refractivity (Wildman–Crippen MR) is 205 cm³/mol. The van der Waals surface area contributed by atoms with Gasteiger partial charge in [-0.15, -0.1) is 69.1 Å². The summed E-state index contributed by atoms with van der Waals surface area (Å²) in [5.74, 6) is 0. The van der Waals surface area contributed by atoms with Crippen LogP contribution in [0.5, 0.6) is 0 Å². The molecule has 2 heteroatoms. The van der Waals surface area contributed by atoms with Crippen molar-refractivity contribution in [2.75, 3.05) is 0 Å². The normalized spacial score (nSPS) is 10.3.